The summed E-state index contributed by atoms with van der Waals surface area (Å²) in [5.41, 5.74) is 1.99. The Morgan fingerprint density at radius 1 is 0.947 bits per heavy atom. The molecular formula is C27H28ClN3O6S. The van der Waals surface area contributed by atoms with Crippen LogP contribution in [0.2, 0.25) is 0 Å². The van der Waals surface area contributed by atoms with E-state index < -0.39 is 21.2 Å². The number of sulfonamides is 1. The highest BCUT2D eigenvalue weighted by molar-refractivity contribution is 7.88. The van der Waals surface area contributed by atoms with Crippen molar-refractivity contribution in [2.24, 2.45) is 0 Å². The topological polar surface area (TPSA) is 116 Å². The van der Waals surface area contributed by atoms with Gasteiger partial charge in [0.15, 0.2) is 0 Å². The molecule has 0 saturated carbocycles. The predicted molar refractivity (Wildman–Crippen MR) is 146 cm³/mol. The Kier molecular flexibility index (Phi) is 8.68. The number of hydrogen-bond acceptors (Lipinski definition) is 7. The van der Waals surface area contributed by atoms with Gasteiger partial charge in [0, 0.05) is 32.7 Å². The van der Waals surface area contributed by atoms with Crippen LogP contribution in [0.5, 0.6) is 11.5 Å². The Balaban J connectivity index is 1.42. The van der Waals surface area contributed by atoms with Gasteiger partial charge in [0.2, 0.25) is 10.0 Å². The number of ether oxygens (including phenoxy) is 1. The molecule has 0 bridgehead atoms. The molecule has 9 nitrogen and oxygen atoms in total. The third-order valence-electron chi connectivity index (χ3n) is 6.28. The normalized spacial score (nSPS) is 14.7. The van der Waals surface area contributed by atoms with Crippen molar-refractivity contribution < 1.29 is 27.9 Å². The molecule has 1 aliphatic heterocycles. The number of piperazine rings is 1. The lowest BCUT2D eigenvalue weighted by atomic mass is 10.0. The molecular weight excluding hydrogens is 530 g/mol. The number of nitrogens with one attached hydrogen (secondary N) is 1. The molecule has 0 radical (unpaired) electrons. The Morgan fingerprint density at radius 3 is 2.32 bits per heavy atom. The molecule has 11 heteroatoms. The monoisotopic (exact) mass is 557 g/mol. The van der Waals surface area contributed by atoms with Gasteiger partial charge in [-0.1, -0.05) is 36.4 Å². The van der Waals surface area contributed by atoms with Gasteiger partial charge in [-0.3, -0.25) is 14.5 Å². The van der Waals surface area contributed by atoms with Crippen molar-refractivity contribution in [1.82, 2.24) is 9.21 Å². The number of nitrogens with zero attached hydrogens (tertiary/aromatic N) is 2. The summed E-state index contributed by atoms with van der Waals surface area (Å²) >= 11 is 5.75. The van der Waals surface area contributed by atoms with E-state index in [1.165, 1.54) is 22.7 Å². The number of phenolic OH excluding ortho intramolecular Hbond substituents is 1. The van der Waals surface area contributed by atoms with Crippen molar-refractivity contribution in [3.63, 3.8) is 0 Å². The summed E-state index contributed by atoms with van der Waals surface area (Å²) in [5.74, 6) is -0.492. The van der Waals surface area contributed by atoms with Gasteiger partial charge >= 0.3 is 0 Å². The molecule has 1 saturated heterocycles. The Bertz CT molecular complexity index is 1420. The van der Waals surface area contributed by atoms with Crippen LogP contribution in [0.3, 0.4) is 0 Å². The number of phenols is 1. The van der Waals surface area contributed by atoms with Gasteiger partial charge in [-0.05, 0) is 53.1 Å². The summed E-state index contributed by atoms with van der Waals surface area (Å²) < 4.78 is 30.6. The molecule has 200 valence electrons. The number of rotatable bonds is 9. The molecule has 4 rings (SSSR count). The average Bonchev–Trinajstić information content (AvgIpc) is 2.89. The summed E-state index contributed by atoms with van der Waals surface area (Å²) in [6.45, 7) is 2.95. The Hall–Kier alpha value is -3.44. The minimum Gasteiger partial charge on any atom is -0.507 e. The second kappa shape index (κ2) is 12.0. The van der Waals surface area contributed by atoms with E-state index in [0.717, 1.165) is 11.1 Å². The smallest absolute Gasteiger partial charge is 0.259 e. The van der Waals surface area contributed by atoms with E-state index in [1.54, 1.807) is 24.3 Å². The first-order chi connectivity index (χ1) is 18.1. The number of benzene rings is 3. The highest BCUT2D eigenvalue weighted by Crippen LogP contribution is 2.29. The van der Waals surface area contributed by atoms with E-state index in [1.807, 2.05) is 30.3 Å². The largest absolute Gasteiger partial charge is 0.507 e. The predicted octanol–water partition coefficient (Wildman–Crippen LogP) is 3.65. The molecule has 0 unspecified atom stereocenters. The zero-order chi connectivity index (χ0) is 27.3. The first-order valence-electron chi connectivity index (χ1n) is 12.0. The van der Waals surface area contributed by atoms with Crippen molar-refractivity contribution in [3.8, 4) is 22.6 Å². The molecule has 1 aliphatic rings. The zero-order valence-corrected chi connectivity index (χ0v) is 22.3. The van der Waals surface area contributed by atoms with Crippen LogP contribution >= 0.6 is 11.6 Å². The quantitative estimate of drug-likeness (QED) is 0.386. The van der Waals surface area contributed by atoms with Gasteiger partial charge in [-0.25, -0.2) is 8.42 Å². The van der Waals surface area contributed by atoms with Gasteiger partial charge in [0.05, 0.1) is 23.1 Å². The summed E-state index contributed by atoms with van der Waals surface area (Å²) in [5, 5.41) is 12.3. The maximum atomic E-state index is 13.1. The maximum absolute atomic E-state index is 13.1. The van der Waals surface area contributed by atoms with Gasteiger partial charge in [0.25, 0.3) is 11.1 Å². The standard InChI is InChI=1S/C27H28ClN3O6S/c1-38(35,36)31-13-11-30(12-14-31)15-16-37-21-8-10-25(32)23(18-21)27(34)29-24-17-20(7-9-22(24)26(28)33)19-5-3-2-4-6-19/h2-10,17-18,32H,11-16H2,1H3,(H,29,34). The molecule has 3 aromatic carbocycles. The van der Waals surface area contributed by atoms with Gasteiger partial charge < -0.3 is 15.2 Å². The minimum absolute atomic E-state index is 0.0256. The average molecular weight is 558 g/mol. The second-order valence-electron chi connectivity index (χ2n) is 8.89. The molecule has 1 fully saturated rings. The molecule has 1 heterocycles. The van der Waals surface area contributed by atoms with Gasteiger partial charge in [-0.2, -0.15) is 4.31 Å². The summed E-state index contributed by atoms with van der Waals surface area (Å²) in [6.07, 6.45) is 1.21. The van der Waals surface area contributed by atoms with Crippen molar-refractivity contribution >= 4 is 38.5 Å². The van der Waals surface area contributed by atoms with Crippen molar-refractivity contribution in [2.45, 2.75) is 0 Å². The lowest BCUT2D eigenvalue weighted by Crippen LogP contribution is -2.49. The Labute approximate surface area is 226 Å². The third-order valence-corrected chi connectivity index (χ3v) is 7.78. The van der Waals surface area contributed by atoms with Crippen molar-refractivity contribution in [2.75, 3.05) is 50.9 Å². The molecule has 3 aromatic rings. The van der Waals surface area contributed by atoms with Crippen LogP contribution in [0.1, 0.15) is 20.7 Å². The first kappa shape index (κ1) is 27.6. The fraction of sp³-hybridized carbons (Fsp3) is 0.259. The van der Waals surface area contributed by atoms with Crippen LogP contribution in [-0.2, 0) is 10.0 Å². The molecule has 0 aliphatic carbocycles. The lowest BCUT2D eigenvalue weighted by Gasteiger charge is -2.33. The second-order valence-corrected chi connectivity index (χ2v) is 11.2. The van der Waals surface area contributed by atoms with Crippen LogP contribution in [-0.4, -0.2) is 79.5 Å². The number of amides is 1. The van der Waals surface area contributed by atoms with Crippen molar-refractivity contribution in [3.05, 3.63) is 77.9 Å². The number of carbonyl (C=O) groups is 2. The highest BCUT2D eigenvalue weighted by atomic mass is 35.5. The minimum atomic E-state index is -3.19. The number of hydrogen-bond donors (Lipinski definition) is 2. The molecule has 1 amide bonds. The van der Waals surface area contributed by atoms with E-state index in [-0.39, 0.29) is 22.6 Å². The highest BCUT2D eigenvalue weighted by Gasteiger charge is 2.23. The van der Waals surface area contributed by atoms with Crippen molar-refractivity contribution in [1.29, 1.82) is 0 Å². The fourth-order valence-electron chi connectivity index (χ4n) is 4.18. The van der Waals surface area contributed by atoms with Gasteiger partial charge in [-0.15, -0.1) is 0 Å². The van der Waals surface area contributed by atoms with Crippen LogP contribution in [0.25, 0.3) is 11.1 Å². The third kappa shape index (κ3) is 6.90. The fourth-order valence-corrected chi connectivity index (χ4v) is 5.17. The van der Waals surface area contributed by atoms with E-state index in [0.29, 0.717) is 45.1 Å². The number of halogens is 1. The summed E-state index contributed by atoms with van der Waals surface area (Å²) in [6, 6.07) is 18.7. The SMILES string of the molecule is CS(=O)(=O)N1CCN(CCOc2ccc(O)c(C(=O)Nc3cc(-c4ccccc4)ccc3C(=O)Cl)c2)CC1. The van der Waals surface area contributed by atoms with Gasteiger partial charge in [0.1, 0.15) is 18.1 Å². The van der Waals surface area contributed by atoms with Crippen LogP contribution < -0.4 is 10.1 Å². The van der Waals surface area contributed by atoms with E-state index >= 15 is 0 Å². The van der Waals surface area contributed by atoms with E-state index in [4.69, 9.17) is 16.3 Å². The van der Waals surface area contributed by atoms with Crippen LogP contribution in [0.4, 0.5) is 5.69 Å². The first-order valence-corrected chi connectivity index (χ1v) is 14.2. The molecule has 0 spiro atoms. The molecule has 38 heavy (non-hydrogen) atoms. The summed E-state index contributed by atoms with van der Waals surface area (Å²) in [7, 11) is -3.19. The number of aromatic hydroxyl groups is 1. The summed E-state index contributed by atoms with van der Waals surface area (Å²) in [4.78, 5) is 27.2. The lowest BCUT2D eigenvalue weighted by molar-refractivity contribution is 0.102. The van der Waals surface area contributed by atoms with E-state index in [2.05, 4.69) is 10.2 Å². The van der Waals surface area contributed by atoms with Crippen LogP contribution in [0, 0.1) is 0 Å². The number of anilines is 1. The van der Waals surface area contributed by atoms with E-state index in [9.17, 15) is 23.1 Å². The van der Waals surface area contributed by atoms with Crippen LogP contribution in [0.15, 0.2) is 66.7 Å². The maximum Gasteiger partial charge on any atom is 0.259 e. The zero-order valence-electron chi connectivity index (χ0n) is 20.8. The molecule has 2 N–H and O–H groups in total. The molecule has 0 atom stereocenters. The molecule has 0 aromatic heterocycles. The number of carbonyl (C=O) groups excluding carboxylic acids is 2. The Morgan fingerprint density at radius 2 is 1.66 bits per heavy atom.